The van der Waals surface area contributed by atoms with Gasteiger partial charge in [-0.2, -0.15) is 0 Å². The van der Waals surface area contributed by atoms with Crippen LogP contribution in [0.15, 0.2) is 16.5 Å². The van der Waals surface area contributed by atoms with Crippen molar-refractivity contribution in [1.29, 1.82) is 0 Å². The molecule has 1 aliphatic rings. The molecule has 5 heteroatoms. The number of halogens is 3. The molecule has 0 amide bonds. The average molecular weight is 236 g/mol. The lowest BCUT2D eigenvalue weighted by Gasteiger charge is -2.35. The molecule has 0 spiro atoms. The van der Waals surface area contributed by atoms with Crippen LogP contribution in [0.4, 0.5) is 8.78 Å². The molecule has 0 saturated heterocycles. The van der Waals surface area contributed by atoms with Gasteiger partial charge in [0, 0.05) is 12.8 Å². The Hall–Kier alpha value is -0.610. The summed E-state index contributed by atoms with van der Waals surface area (Å²) in [7, 11) is 0. The Bertz CT molecular complexity index is 354. The maximum absolute atomic E-state index is 13.0. The number of rotatable bonds is 1. The van der Waals surface area contributed by atoms with Crippen molar-refractivity contribution >= 4 is 11.6 Å². The van der Waals surface area contributed by atoms with Crippen LogP contribution in [-0.4, -0.2) is 5.92 Å². The highest BCUT2D eigenvalue weighted by Crippen LogP contribution is 2.42. The van der Waals surface area contributed by atoms with Gasteiger partial charge in [0.2, 0.25) is 5.92 Å². The Morgan fingerprint density at radius 2 is 1.80 bits per heavy atom. The fourth-order valence-corrected chi connectivity index (χ4v) is 2.04. The molecule has 0 aliphatic heterocycles. The molecule has 1 aromatic heterocycles. The van der Waals surface area contributed by atoms with E-state index in [0.717, 1.165) is 0 Å². The third-order valence-electron chi connectivity index (χ3n) is 2.94. The Labute approximate surface area is 91.4 Å². The second-order valence-corrected chi connectivity index (χ2v) is 4.49. The fraction of sp³-hybridized carbons (Fsp3) is 0.600. The normalized spacial score (nSPS) is 24.0. The number of hydrogen-bond donors (Lipinski definition) is 1. The number of hydrogen-bond acceptors (Lipinski definition) is 2. The van der Waals surface area contributed by atoms with Crippen molar-refractivity contribution in [1.82, 2.24) is 0 Å². The van der Waals surface area contributed by atoms with Gasteiger partial charge in [-0.3, -0.25) is 0 Å². The summed E-state index contributed by atoms with van der Waals surface area (Å²) < 4.78 is 31.1. The van der Waals surface area contributed by atoms with Gasteiger partial charge in [0.25, 0.3) is 0 Å². The van der Waals surface area contributed by atoms with Crippen LogP contribution in [0.1, 0.15) is 31.4 Å². The van der Waals surface area contributed by atoms with E-state index in [2.05, 4.69) is 0 Å². The van der Waals surface area contributed by atoms with E-state index in [-0.39, 0.29) is 30.9 Å². The van der Waals surface area contributed by atoms with Crippen LogP contribution in [0.2, 0.25) is 5.22 Å². The van der Waals surface area contributed by atoms with E-state index in [1.165, 1.54) is 0 Å². The van der Waals surface area contributed by atoms with E-state index in [1.807, 2.05) is 0 Å². The number of nitrogens with two attached hydrogens (primary N) is 1. The van der Waals surface area contributed by atoms with E-state index in [9.17, 15) is 8.78 Å². The van der Waals surface area contributed by atoms with Crippen LogP contribution in [0.3, 0.4) is 0 Å². The minimum absolute atomic E-state index is 0.193. The molecule has 2 nitrogen and oxygen atoms in total. The Morgan fingerprint density at radius 1 is 1.20 bits per heavy atom. The molecule has 1 saturated carbocycles. The zero-order valence-corrected chi connectivity index (χ0v) is 8.86. The lowest BCUT2D eigenvalue weighted by molar-refractivity contribution is -0.0538. The molecule has 2 N–H and O–H groups in total. The van der Waals surface area contributed by atoms with Gasteiger partial charge in [0.05, 0.1) is 5.54 Å². The van der Waals surface area contributed by atoms with E-state index in [1.54, 1.807) is 12.1 Å². The number of alkyl halides is 2. The third-order valence-corrected chi connectivity index (χ3v) is 3.14. The van der Waals surface area contributed by atoms with Gasteiger partial charge in [0.15, 0.2) is 5.22 Å². The maximum Gasteiger partial charge on any atom is 0.248 e. The van der Waals surface area contributed by atoms with Gasteiger partial charge in [-0.25, -0.2) is 8.78 Å². The highest BCUT2D eigenvalue weighted by Gasteiger charge is 2.43. The maximum atomic E-state index is 13.0. The Balaban J connectivity index is 2.16. The van der Waals surface area contributed by atoms with E-state index in [4.69, 9.17) is 21.8 Å². The smallest absolute Gasteiger partial charge is 0.248 e. The van der Waals surface area contributed by atoms with Crippen molar-refractivity contribution in [3.63, 3.8) is 0 Å². The van der Waals surface area contributed by atoms with Crippen LogP contribution in [0.5, 0.6) is 0 Å². The molecule has 0 unspecified atom stereocenters. The largest absolute Gasteiger partial charge is 0.448 e. The summed E-state index contributed by atoms with van der Waals surface area (Å²) in [5.41, 5.74) is 5.25. The quantitative estimate of drug-likeness (QED) is 0.811. The first-order chi connectivity index (χ1) is 6.91. The van der Waals surface area contributed by atoms with Crippen molar-refractivity contribution in [2.45, 2.75) is 37.1 Å². The molecule has 0 atom stereocenters. The van der Waals surface area contributed by atoms with Crippen molar-refractivity contribution in [2.24, 2.45) is 5.73 Å². The van der Waals surface area contributed by atoms with E-state index in [0.29, 0.717) is 5.76 Å². The zero-order valence-electron chi connectivity index (χ0n) is 8.10. The van der Waals surface area contributed by atoms with Crippen molar-refractivity contribution in [2.75, 3.05) is 0 Å². The van der Waals surface area contributed by atoms with Gasteiger partial charge < -0.3 is 10.2 Å². The SMILES string of the molecule is NC1(c2ccc(Cl)o2)CCC(F)(F)CC1. The monoisotopic (exact) mass is 235 g/mol. The molecule has 1 aliphatic carbocycles. The van der Waals surface area contributed by atoms with Crippen molar-refractivity contribution < 1.29 is 13.2 Å². The van der Waals surface area contributed by atoms with Gasteiger partial charge in [-0.1, -0.05) is 0 Å². The van der Waals surface area contributed by atoms with Gasteiger partial charge >= 0.3 is 0 Å². The van der Waals surface area contributed by atoms with Gasteiger partial charge in [-0.15, -0.1) is 0 Å². The summed E-state index contributed by atoms with van der Waals surface area (Å²) in [5.74, 6) is -2.08. The van der Waals surface area contributed by atoms with Crippen LogP contribution in [-0.2, 0) is 5.54 Å². The average Bonchev–Trinajstić information content (AvgIpc) is 2.59. The van der Waals surface area contributed by atoms with Crippen molar-refractivity contribution in [3.05, 3.63) is 23.1 Å². The predicted molar refractivity (Wildman–Crippen MR) is 53.0 cm³/mol. The van der Waals surface area contributed by atoms with Gasteiger partial charge in [-0.05, 0) is 36.6 Å². The standard InChI is InChI=1S/C10H12ClF2NO/c11-8-2-1-7(15-8)9(14)3-5-10(12,13)6-4-9/h1-2H,3-6,14H2. The summed E-state index contributed by atoms with van der Waals surface area (Å²) >= 11 is 5.63. The summed E-state index contributed by atoms with van der Waals surface area (Å²) in [6.07, 6.45) is 0.0668. The van der Waals surface area contributed by atoms with Crippen LogP contribution in [0, 0.1) is 0 Å². The Kier molecular flexibility index (Phi) is 2.51. The topological polar surface area (TPSA) is 39.2 Å². The molecule has 0 bridgehead atoms. The third kappa shape index (κ3) is 2.16. The minimum Gasteiger partial charge on any atom is -0.448 e. The Morgan fingerprint density at radius 3 is 2.27 bits per heavy atom. The molecule has 1 aromatic rings. The summed E-state index contributed by atoms with van der Waals surface area (Å²) in [6, 6.07) is 3.24. The summed E-state index contributed by atoms with van der Waals surface area (Å²) in [5, 5.41) is 0.243. The predicted octanol–water partition coefficient (Wildman–Crippen LogP) is 3.30. The minimum atomic E-state index is -2.58. The molecule has 0 radical (unpaired) electrons. The molecular formula is C10H12ClF2NO. The molecule has 1 heterocycles. The molecule has 15 heavy (non-hydrogen) atoms. The molecule has 0 aromatic carbocycles. The first kappa shape index (κ1) is 10.9. The highest BCUT2D eigenvalue weighted by molar-refractivity contribution is 6.28. The fourth-order valence-electron chi connectivity index (χ4n) is 1.89. The summed E-state index contributed by atoms with van der Waals surface area (Å²) in [4.78, 5) is 0. The van der Waals surface area contributed by atoms with Gasteiger partial charge in [0.1, 0.15) is 5.76 Å². The molecule has 2 rings (SSSR count). The van der Waals surface area contributed by atoms with Crippen LogP contribution < -0.4 is 5.73 Å². The van der Waals surface area contributed by atoms with Crippen molar-refractivity contribution in [3.8, 4) is 0 Å². The second-order valence-electron chi connectivity index (χ2n) is 4.12. The molecule has 84 valence electrons. The zero-order chi connectivity index (χ0) is 11.1. The lowest BCUT2D eigenvalue weighted by atomic mass is 9.79. The molecule has 1 fully saturated rings. The first-order valence-electron chi connectivity index (χ1n) is 4.84. The lowest BCUT2D eigenvalue weighted by Crippen LogP contribution is -2.43. The van der Waals surface area contributed by atoms with Crippen LogP contribution in [0.25, 0.3) is 0 Å². The molecular weight excluding hydrogens is 224 g/mol. The van der Waals surface area contributed by atoms with Crippen LogP contribution >= 0.6 is 11.6 Å². The highest BCUT2D eigenvalue weighted by atomic mass is 35.5. The number of furan rings is 1. The second kappa shape index (κ2) is 3.46. The van der Waals surface area contributed by atoms with E-state index >= 15 is 0 Å². The van der Waals surface area contributed by atoms with E-state index < -0.39 is 11.5 Å². The first-order valence-corrected chi connectivity index (χ1v) is 5.22. The summed E-state index contributed by atoms with van der Waals surface area (Å²) in [6.45, 7) is 0.